The summed E-state index contributed by atoms with van der Waals surface area (Å²) >= 11 is 3.40. The SMILES string of the molecule is COc1cc([N+](=O)[O-])ccc1NC(=O)NCCc1cccc(Br)c1. The minimum absolute atomic E-state index is 0.104. The van der Waals surface area contributed by atoms with E-state index in [0.29, 0.717) is 18.7 Å². The Hall–Kier alpha value is -2.61. The van der Waals surface area contributed by atoms with Gasteiger partial charge in [0.1, 0.15) is 5.75 Å². The molecule has 0 heterocycles. The number of carbonyl (C=O) groups is 1. The molecule has 126 valence electrons. The first-order valence-electron chi connectivity index (χ1n) is 7.11. The molecule has 2 aromatic rings. The fourth-order valence-corrected chi connectivity index (χ4v) is 2.52. The van der Waals surface area contributed by atoms with E-state index in [1.807, 2.05) is 24.3 Å². The third-order valence-corrected chi connectivity index (χ3v) is 3.73. The van der Waals surface area contributed by atoms with E-state index in [-0.39, 0.29) is 11.4 Å². The molecule has 24 heavy (non-hydrogen) atoms. The first-order valence-corrected chi connectivity index (χ1v) is 7.90. The van der Waals surface area contributed by atoms with Gasteiger partial charge in [0.05, 0.1) is 23.8 Å². The summed E-state index contributed by atoms with van der Waals surface area (Å²) in [5, 5.41) is 16.1. The van der Waals surface area contributed by atoms with Gasteiger partial charge in [0, 0.05) is 17.1 Å². The highest BCUT2D eigenvalue weighted by atomic mass is 79.9. The van der Waals surface area contributed by atoms with Crippen LogP contribution in [0, 0.1) is 10.1 Å². The molecule has 0 bridgehead atoms. The normalized spacial score (nSPS) is 10.1. The Morgan fingerprint density at radius 3 is 2.75 bits per heavy atom. The van der Waals surface area contributed by atoms with Gasteiger partial charge in [-0.3, -0.25) is 10.1 Å². The van der Waals surface area contributed by atoms with Crippen molar-refractivity contribution in [1.82, 2.24) is 5.32 Å². The van der Waals surface area contributed by atoms with E-state index in [0.717, 1.165) is 10.0 Å². The fourth-order valence-electron chi connectivity index (χ4n) is 2.08. The first-order chi connectivity index (χ1) is 11.5. The summed E-state index contributed by atoms with van der Waals surface area (Å²) in [5.74, 6) is 0.228. The van der Waals surface area contributed by atoms with Crippen LogP contribution in [-0.4, -0.2) is 24.6 Å². The summed E-state index contributed by atoms with van der Waals surface area (Å²) < 4.78 is 6.06. The van der Waals surface area contributed by atoms with Gasteiger partial charge in [-0.25, -0.2) is 4.79 Å². The lowest BCUT2D eigenvalue weighted by atomic mass is 10.1. The van der Waals surface area contributed by atoms with Crippen LogP contribution in [0.15, 0.2) is 46.9 Å². The zero-order valence-corrected chi connectivity index (χ0v) is 14.5. The van der Waals surface area contributed by atoms with Gasteiger partial charge in [-0.05, 0) is 30.2 Å². The Morgan fingerprint density at radius 2 is 2.08 bits per heavy atom. The lowest BCUT2D eigenvalue weighted by molar-refractivity contribution is -0.384. The standard InChI is InChI=1S/C16H16BrN3O4/c1-24-15-10-13(20(22)23)5-6-14(15)19-16(21)18-8-7-11-3-2-4-12(17)9-11/h2-6,9-10H,7-8H2,1H3,(H2,18,19,21). The molecule has 2 N–H and O–H groups in total. The van der Waals surface area contributed by atoms with Gasteiger partial charge in [-0.15, -0.1) is 0 Å². The average molecular weight is 394 g/mol. The van der Waals surface area contributed by atoms with E-state index in [2.05, 4.69) is 26.6 Å². The fraction of sp³-hybridized carbons (Fsp3) is 0.188. The number of rotatable bonds is 6. The molecule has 8 heteroatoms. The number of nitro benzene ring substituents is 1. The number of hydrogen-bond acceptors (Lipinski definition) is 4. The van der Waals surface area contributed by atoms with Gasteiger partial charge in [0.15, 0.2) is 0 Å². The highest BCUT2D eigenvalue weighted by Gasteiger charge is 2.13. The minimum Gasteiger partial charge on any atom is -0.494 e. The zero-order chi connectivity index (χ0) is 17.5. The van der Waals surface area contributed by atoms with Crippen LogP contribution in [0.2, 0.25) is 0 Å². The van der Waals surface area contributed by atoms with Crippen molar-refractivity contribution in [2.24, 2.45) is 0 Å². The third-order valence-electron chi connectivity index (χ3n) is 3.23. The van der Waals surface area contributed by atoms with Gasteiger partial charge in [0.2, 0.25) is 0 Å². The Morgan fingerprint density at radius 1 is 1.29 bits per heavy atom. The van der Waals surface area contributed by atoms with Crippen LogP contribution < -0.4 is 15.4 Å². The smallest absolute Gasteiger partial charge is 0.319 e. The second kappa shape index (κ2) is 8.30. The number of hydrogen-bond donors (Lipinski definition) is 2. The van der Waals surface area contributed by atoms with Gasteiger partial charge in [-0.2, -0.15) is 0 Å². The van der Waals surface area contributed by atoms with Crippen molar-refractivity contribution in [2.45, 2.75) is 6.42 Å². The van der Waals surface area contributed by atoms with Crippen molar-refractivity contribution < 1.29 is 14.5 Å². The van der Waals surface area contributed by atoms with Gasteiger partial charge in [0.25, 0.3) is 5.69 Å². The first kappa shape index (κ1) is 17.7. The number of ether oxygens (including phenoxy) is 1. The molecule has 2 rings (SSSR count). The van der Waals surface area contributed by atoms with Gasteiger partial charge in [-0.1, -0.05) is 28.1 Å². The predicted octanol–water partition coefficient (Wildman–Crippen LogP) is 3.73. The van der Waals surface area contributed by atoms with E-state index in [4.69, 9.17) is 4.74 Å². The molecule has 2 amide bonds. The van der Waals surface area contributed by atoms with Crippen molar-refractivity contribution >= 4 is 33.3 Å². The summed E-state index contributed by atoms with van der Waals surface area (Å²) in [6.45, 7) is 0.456. The van der Waals surface area contributed by atoms with Gasteiger partial charge < -0.3 is 15.4 Å². The number of amides is 2. The molecule has 0 saturated carbocycles. The summed E-state index contributed by atoms with van der Waals surface area (Å²) in [7, 11) is 1.38. The Balaban J connectivity index is 1.91. The average Bonchev–Trinajstić information content (AvgIpc) is 2.55. The predicted molar refractivity (Wildman–Crippen MR) is 94.5 cm³/mol. The molecule has 0 atom stereocenters. The third kappa shape index (κ3) is 4.95. The van der Waals surface area contributed by atoms with Crippen molar-refractivity contribution in [1.29, 1.82) is 0 Å². The van der Waals surface area contributed by atoms with Crippen molar-refractivity contribution in [3.05, 3.63) is 62.6 Å². The molecule has 2 aromatic carbocycles. The molecule has 0 aromatic heterocycles. The molecular weight excluding hydrogens is 378 g/mol. The molecule has 0 radical (unpaired) electrons. The van der Waals surface area contributed by atoms with E-state index in [1.165, 1.54) is 25.3 Å². The molecule has 0 spiro atoms. The van der Waals surface area contributed by atoms with E-state index >= 15 is 0 Å². The van der Waals surface area contributed by atoms with E-state index < -0.39 is 11.0 Å². The quantitative estimate of drug-likeness (QED) is 0.577. The van der Waals surface area contributed by atoms with Crippen LogP contribution in [0.1, 0.15) is 5.56 Å². The molecule has 7 nitrogen and oxygen atoms in total. The minimum atomic E-state index is -0.523. The Kier molecular flexibility index (Phi) is 6.14. The number of carbonyl (C=O) groups excluding carboxylic acids is 1. The van der Waals surface area contributed by atoms with Crippen LogP contribution in [0.4, 0.5) is 16.2 Å². The summed E-state index contributed by atoms with van der Waals surface area (Å²) in [6.07, 6.45) is 0.685. The van der Waals surface area contributed by atoms with Gasteiger partial charge >= 0.3 is 6.03 Å². The van der Waals surface area contributed by atoms with Crippen LogP contribution in [0.25, 0.3) is 0 Å². The molecule has 0 aliphatic carbocycles. The molecular formula is C16H16BrN3O4. The summed E-state index contributed by atoms with van der Waals surface area (Å²) in [5.41, 5.74) is 1.35. The lowest BCUT2D eigenvalue weighted by Crippen LogP contribution is -2.30. The zero-order valence-electron chi connectivity index (χ0n) is 12.9. The molecule has 0 fully saturated rings. The number of urea groups is 1. The number of anilines is 1. The van der Waals surface area contributed by atoms with Crippen molar-refractivity contribution in [2.75, 3.05) is 19.0 Å². The molecule has 0 unspecified atom stereocenters. The van der Waals surface area contributed by atoms with E-state index in [9.17, 15) is 14.9 Å². The maximum atomic E-state index is 11.9. The number of nitrogens with zero attached hydrogens (tertiary/aromatic N) is 1. The largest absolute Gasteiger partial charge is 0.494 e. The Bertz CT molecular complexity index is 752. The highest BCUT2D eigenvalue weighted by Crippen LogP contribution is 2.28. The van der Waals surface area contributed by atoms with Crippen LogP contribution in [0.5, 0.6) is 5.75 Å². The second-order valence-electron chi connectivity index (χ2n) is 4.90. The Labute approximate surface area is 147 Å². The lowest BCUT2D eigenvalue weighted by Gasteiger charge is -2.11. The number of nitro groups is 1. The molecule has 0 aliphatic heterocycles. The molecule has 0 aliphatic rings. The van der Waals surface area contributed by atoms with Crippen LogP contribution in [0.3, 0.4) is 0 Å². The van der Waals surface area contributed by atoms with Crippen molar-refractivity contribution in [3.63, 3.8) is 0 Å². The maximum Gasteiger partial charge on any atom is 0.319 e. The van der Waals surface area contributed by atoms with E-state index in [1.54, 1.807) is 0 Å². The number of non-ortho nitro benzene ring substituents is 1. The summed E-state index contributed by atoms with van der Waals surface area (Å²) in [6, 6.07) is 11.4. The monoisotopic (exact) mass is 393 g/mol. The van der Waals surface area contributed by atoms with Crippen LogP contribution in [-0.2, 0) is 6.42 Å². The highest BCUT2D eigenvalue weighted by molar-refractivity contribution is 9.10. The number of methoxy groups -OCH3 is 1. The maximum absolute atomic E-state index is 11.9. The van der Waals surface area contributed by atoms with Crippen molar-refractivity contribution in [3.8, 4) is 5.75 Å². The van der Waals surface area contributed by atoms with Crippen LogP contribution >= 0.6 is 15.9 Å². The number of halogens is 1. The summed E-state index contributed by atoms with van der Waals surface area (Å²) in [4.78, 5) is 22.2. The number of benzene rings is 2. The number of nitrogens with one attached hydrogen (secondary N) is 2. The second-order valence-corrected chi connectivity index (χ2v) is 5.82. The topological polar surface area (TPSA) is 93.5 Å². The molecule has 0 saturated heterocycles.